The van der Waals surface area contributed by atoms with Crippen LogP contribution in [-0.2, 0) is 9.47 Å². The minimum atomic E-state index is -1.11. The average molecular weight is 162 g/mol. The second-order valence-electron chi connectivity index (χ2n) is 2.95. The summed E-state index contributed by atoms with van der Waals surface area (Å²) in [6.45, 7) is -0.186. The molecule has 0 aromatic carbocycles. The number of hydrogen-bond acceptors (Lipinski definition) is 5. The Hall–Kier alpha value is -0.200. The lowest BCUT2D eigenvalue weighted by atomic mass is 10.0. The summed E-state index contributed by atoms with van der Waals surface area (Å²) in [5.74, 6) is 0. The fraction of sp³-hybridized carbons (Fsp3) is 1.00. The van der Waals surface area contributed by atoms with Crippen molar-refractivity contribution in [2.24, 2.45) is 0 Å². The van der Waals surface area contributed by atoms with Gasteiger partial charge in [0.05, 0.1) is 13.2 Å². The zero-order chi connectivity index (χ0) is 8.06. The molecule has 2 rings (SSSR count). The van der Waals surface area contributed by atoms with E-state index in [9.17, 15) is 5.11 Å². The molecule has 2 saturated heterocycles. The van der Waals surface area contributed by atoms with Gasteiger partial charge >= 0.3 is 0 Å². The standard InChI is InChI=1S/C6H10O5/c7-1-6-2-10-3(4(6)8)5(9)11-6/h3-5,7-9H,1-2H2/t3-,4?,5+,6+/m0/s1. The van der Waals surface area contributed by atoms with Gasteiger partial charge in [-0.1, -0.05) is 0 Å². The van der Waals surface area contributed by atoms with Crippen LogP contribution in [0.2, 0.25) is 0 Å². The van der Waals surface area contributed by atoms with Crippen molar-refractivity contribution in [2.75, 3.05) is 13.2 Å². The largest absolute Gasteiger partial charge is 0.393 e. The van der Waals surface area contributed by atoms with E-state index in [1.165, 1.54) is 0 Å². The molecular formula is C6H10O5. The van der Waals surface area contributed by atoms with Crippen LogP contribution in [0, 0.1) is 0 Å². The van der Waals surface area contributed by atoms with E-state index in [0.717, 1.165) is 0 Å². The predicted molar refractivity (Wildman–Crippen MR) is 32.7 cm³/mol. The Kier molecular flexibility index (Phi) is 1.45. The Morgan fingerprint density at radius 3 is 2.45 bits per heavy atom. The van der Waals surface area contributed by atoms with Gasteiger partial charge in [-0.3, -0.25) is 0 Å². The topological polar surface area (TPSA) is 79.2 Å². The van der Waals surface area contributed by atoms with Gasteiger partial charge in [-0.15, -0.1) is 0 Å². The zero-order valence-corrected chi connectivity index (χ0v) is 5.80. The molecule has 0 radical (unpaired) electrons. The SMILES string of the molecule is OC[C@@]12CO[C@@H](C1O)[C@H](O)O2. The van der Waals surface area contributed by atoms with Crippen LogP contribution in [-0.4, -0.2) is 52.6 Å². The molecule has 0 saturated carbocycles. The average Bonchev–Trinajstić information content (AvgIpc) is 2.42. The van der Waals surface area contributed by atoms with Crippen LogP contribution in [0.4, 0.5) is 0 Å². The first-order valence-electron chi connectivity index (χ1n) is 3.46. The Bertz CT molecular complexity index is 172. The summed E-state index contributed by atoms with van der Waals surface area (Å²) in [5.41, 5.74) is -1.08. The highest BCUT2D eigenvalue weighted by Gasteiger charge is 2.60. The zero-order valence-electron chi connectivity index (χ0n) is 5.80. The van der Waals surface area contributed by atoms with Gasteiger partial charge in [-0.25, -0.2) is 0 Å². The Labute approximate surface area is 63.2 Å². The molecule has 2 bridgehead atoms. The molecule has 5 nitrogen and oxygen atoms in total. The lowest BCUT2D eigenvalue weighted by molar-refractivity contribution is -0.231. The molecule has 0 spiro atoms. The molecule has 3 N–H and O–H groups in total. The van der Waals surface area contributed by atoms with Crippen molar-refractivity contribution in [3.8, 4) is 0 Å². The van der Waals surface area contributed by atoms with Crippen molar-refractivity contribution < 1.29 is 24.8 Å². The van der Waals surface area contributed by atoms with Gasteiger partial charge in [0.2, 0.25) is 0 Å². The first-order chi connectivity index (χ1) is 5.19. The van der Waals surface area contributed by atoms with Gasteiger partial charge in [0.15, 0.2) is 6.29 Å². The van der Waals surface area contributed by atoms with Crippen molar-refractivity contribution >= 4 is 0 Å². The molecule has 2 heterocycles. The minimum Gasteiger partial charge on any atom is -0.393 e. The summed E-state index contributed by atoms with van der Waals surface area (Å²) in [5, 5.41) is 27.3. The normalized spacial score (nSPS) is 55.4. The lowest BCUT2D eigenvalue weighted by Crippen LogP contribution is -2.44. The molecule has 4 atom stereocenters. The molecule has 0 amide bonds. The maximum atomic E-state index is 9.38. The summed E-state index contributed by atoms with van der Waals surface area (Å²) in [6.07, 6.45) is -2.71. The Morgan fingerprint density at radius 2 is 2.18 bits per heavy atom. The molecule has 5 heteroatoms. The van der Waals surface area contributed by atoms with Crippen LogP contribution >= 0.6 is 0 Å². The van der Waals surface area contributed by atoms with Crippen molar-refractivity contribution in [1.29, 1.82) is 0 Å². The van der Waals surface area contributed by atoms with Gasteiger partial charge < -0.3 is 24.8 Å². The van der Waals surface area contributed by atoms with Gasteiger partial charge in [0.1, 0.15) is 17.8 Å². The molecule has 0 aliphatic carbocycles. The van der Waals surface area contributed by atoms with Gasteiger partial charge in [-0.05, 0) is 0 Å². The number of ether oxygens (including phenoxy) is 2. The first kappa shape index (κ1) is 7.45. The molecule has 2 aliphatic heterocycles. The number of aliphatic hydroxyl groups excluding tert-OH is 3. The van der Waals surface area contributed by atoms with Crippen LogP contribution in [0.15, 0.2) is 0 Å². The van der Waals surface area contributed by atoms with Crippen LogP contribution in [0.1, 0.15) is 0 Å². The third kappa shape index (κ3) is 0.771. The summed E-state index contributed by atoms with van der Waals surface area (Å²) in [7, 11) is 0. The molecular weight excluding hydrogens is 152 g/mol. The van der Waals surface area contributed by atoms with Crippen molar-refractivity contribution in [3.63, 3.8) is 0 Å². The number of hydrogen-bond donors (Lipinski definition) is 3. The highest BCUT2D eigenvalue weighted by Crippen LogP contribution is 2.38. The molecule has 2 fully saturated rings. The molecule has 1 unspecified atom stereocenters. The van der Waals surface area contributed by atoms with Crippen LogP contribution in [0.5, 0.6) is 0 Å². The number of fused-ring (bicyclic) bond motifs is 2. The van der Waals surface area contributed by atoms with E-state index in [4.69, 9.17) is 19.7 Å². The second kappa shape index (κ2) is 2.15. The van der Waals surface area contributed by atoms with E-state index in [1.54, 1.807) is 0 Å². The second-order valence-corrected chi connectivity index (χ2v) is 2.95. The summed E-state index contributed by atoms with van der Waals surface area (Å²) >= 11 is 0. The third-order valence-electron chi connectivity index (χ3n) is 2.27. The van der Waals surface area contributed by atoms with E-state index in [0.29, 0.717) is 0 Å². The minimum absolute atomic E-state index is 0.145. The Morgan fingerprint density at radius 1 is 1.45 bits per heavy atom. The molecule has 64 valence electrons. The van der Waals surface area contributed by atoms with Crippen LogP contribution in [0.25, 0.3) is 0 Å². The van der Waals surface area contributed by atoms with Gasteiger partial charge in [0, 0.05) is 0 Å². The lowest BCUT2D eigenvalue weighted by Gasteiger charge is -2.26. The monoisotopic (exact) mass is 162 g/mol. The van der Waals surface area contributed by atoms with E-state index < -0.39 is 24.1 Å². The number of rotatable bonds is 1. The highest BCUT2D eigenvalue weighted by molar-refractivity contribution is 5.05. The molecule has 0 aromatic rings. The van der Waals surface area contributed by atoms with E-state index in [1.807, 2.05) is 0 Å². The quantitative estimate of drug-likeness (QED) is 0.409. The fourth-order valence-electron chi connectivity index (χ4n) is 1.54. The summed E-state index contributed by atoms with van der Waals surface area (Å²) < 4.78 is 9.93. The molecule has 11 heavy (non-hydrogen) atoms. The first-order valence-corrected chi connectivity index (χ1v) is 3.46. The highest BCUT2D eigenvalue weighted by atomic mass is 16.7. The molecule has 2 aliphatic rings. The molecule has 0 aromatic heterocycles. The van der Waals surface area contributed by atoms with Crippen LogP contribution < -0.4 is 0 Å². The van der Waals surface area contributed by atoms with Gasteiger partial charge in [0.25, 0.3) is 0 Å². The van der Waals surface area contributed by atoms with E-state index in [2.05, 4.69) is 0 Å². The smallest absolute Gasteiger partial charge is 0.184 e. The van der Waals surface area contributed by atoms with Crippen LogP contribution in [0.3, 0.4) is 0 Å². The van der Waals surface area contributed by atoms with Gasteiger partial charge in [-0.2, -0.15) is 0 Å². The number of aliphatic hydroxyl groups is 3. The summed E-state index contributed by atoms with van der Waals surface area (Å²) in [6, 6.07) is 0. The maximum absolute atomic E-state index is 9.38. The van der Waals surface area contributed by atoms with E-state index in [-0.39, 0.29) is 13.2 Å². The predicted octanol–water partition coefficient (Wildman–Crippen LogP) is -2.17. The third-order valence-corrected chi connectivity index (χ3v) is 2.27. The Balaban J connectivity index is 2.24. The van der Waals surface area contributed by atoms with Crippen molar-refractivity contribution in [3.05, 3.63) is 0 Å². The van der Waals surface area contributed by atoms with E-state index >= 15 is 0 Å². The van der Waals surface area contributed by atoms with Crippen molar-refractivity contribution in [1.82, 2.24) is 0 Å². The summed E-state index contributed by atoms with van der Waals surface area (Å²) in [4.78, 5) is 0. The maximum Gasteiger partial charge on any atom is 0.184 e. The fourth-order valence-corrected chi connectivity index (χ4v) is 1.54. The van der Waals surface area contributed by atoms with Crippen molar-refractivity contribution in [2.45, 2.75) is 24.1 Å².